The standard InChI is InChI=1S/C9H18FN/c1-7(2)5-9(10)6-11-8(3)4/h6-9H,5H2,1-4H3/b11-6-/t9-/m0/s1. The van der Waals surface area contributed by atoms with E-state index >= 15 is 0 Å². The Balaban J connectivity index is 3.59. The second-order valence-corrected chi connectivity index (χ2v) is 3.54. The quantitative estimate of drug-likeness (QED) is 0.559. The third-order valence-corrected chi connectivity index (χ3v) is 1.24. The Kier molecular flexibility index (Phi) is 5.08. The van der Waals surface area contributed by atoms with E-state index in [9.17, 15) is 4.39 Å². The maximum atomic E-state index is 12.9. The molecule has 0 saturated heterocycles. The molecule has 1 nitrogen and oxygen atoms in total. The first-order chi connectivity index (χ1) is 5.02. The summed E-state index contributed by atoms with van der Waals surface area (Å²) >= 11 is 0. The van der Waals surface area contributed by atoms with Crippen molar-refractivity contribution in [2.75, 3.05) is 0 Å². The lowest BCUT2D eigenvalue weighted by atomic mass is 10.1. The summed E-state index contributed by atoms with van der Waals surface area (Å²) in [6, 6.07) is 0.209. The highest BCUT2D eigenvalue weighted by molar-refractivity contribution is 5.62. The first-order valence-electron chi connectivity index (χ1n) is 4.19. The smallest absolute Gasteiger partial charge is 0.135 e. The first-order valence-corrected chi connectivity index (χ1v) is 4.19. The van der Waals surface area contributed by atoms with Gasteiger partial charge in [-0.3, -0.25) is 4.99 Å². The van der Waals surface area contributed by atoms with Gasteiger partial charge in [-0.1, -0.05) is 13.8 Å². The Morgan fingerprint density at radius 2 is 1.82 bits per heavy atom. The molecule has 0 aliphatic rings. The van der Waals surface area contributed by atoms with Gasteiger partial charge in [0, 0.05) is 12.3 Å². The maximum Gasteiger partial charge on any atom is 0.135 e. The van der Waals surface area contributed by atoms with E-state index in [0.29, 0.717) is 12.3 Å². The lowest BCUT2D eigenvalue weighted by Gasteiger charge is -2.05. The molecule has 0 N–H and O–H groups in total. The van der Waals surface area contributed by atoms with Gasteiger partial charge in [-0.2, -0.15) is 0 Å². The molecule has 0 aliphatic heterocycles. The SMILES string of the molecule is CC(C)C[C@H](F)/C=N\C(C)C. The second kappa shape index (κ2) is 5.28. The molecule has 2 heteroatoms. The summed E-state index contributed by atoms with van der Waals surface area (Å²) < 4.78 is 12.9. The Bertz CT molecular complexity index is 119. The lowest BCUT2D eigenvalue weighted by Crippen LogP contribution is -2.07. The van der Waals surface area contributed by atoms with Crippen LogP contribution in [0.5, 0.6) is 0 Å². The number of alkyl halides is 1. The highest BCUT2D eigenvalue weighted by Crippen LogP contribution is 2.06. The zero-order valence-corrected chi connectivity index (χ0v) is 7.84. The minimum atomic E-state index is -0.864. The zero-order valence-electron chi connectivity index (χ0n) is 7.84. The predicted octanol–water partition coefficient (Wildman–Crippen LogP) is 2.85. The third kappa shape index (κ3) is 7.50. The predicted molar refractivity (Wildman–Crippen MR) is 48.0 cm³/mol. The topological polar surface area (TPSA) is 12.4 Å². The summed E-state index contributed by atoms with van der Waals surface area (Å²) in [6.45, 7) is 7.91. The van der Waals surface area contributed by atoms with Crippen molar-refractivity contribution < 1.29 is 4.39 Å². The highest BCUT2D eigenvalue weighted by atomic mass is 19.1. The van der Waals surface area contributed by atoms with Gasteiger partial charge in [0.1, 0.15) is 6.17 Å². The third-order valence-electron chi connectivity index (χ3n) is 1.24. The van der Waals surface area contributed by atoms with Crippen LogP contribution in [0.15, 0.2) is 4.99 Å². The van der Waals surface area contributed by atoms with Crippen molar-refractivity contribution in [1.82, 2.24) is 0 Å². The van der Waals surface area contributed by atoms with Gasteiger partial charge >= 0.3 is 0 Å². The second-order valence-electron chi connectivity index (χ2n) is 3.54. The van der Waals surface area contributed by atoms with Gasteiger partial charge in [0.05, 0.1) is 0 Å². The van der Waals surface area contributed by atoms with Crippen LogP contribution in [0.4, 0.5) is 4.39 Å². The molecule has 0 spiro atoms. The molecule has 0 fully saturated rings. The molecule has 0 unspecified atom stereocenters. The Hall–Kier alpha value is -0.400. The van der Waals surface area contributed by atoms with Crippen molar-refractivity contribution in [3.8, 4) is 0 Å². The molecule has 0 heterocycles. The van der Waals surface area contributed by atoms with Gasteiger partial charge in [-0.05, 0) is 26.2 Å². The Labute approximate surface area is 68.7 Å². The molecular weight excluding hydrogens is 141 g/mol. The van der Waals surface area contributed by atoms with Crippen molar-refractivity contribution in [3.05, 3.63) is 0 Å². The van der Waals surface area contributed by atoms with Crippen LogP contribution in [-0.4, -0.2) is 18.4 Å². The van der Waals surface area contributed by atoms with Crippen LogP contribution in [0.25, 0.3) is 0 Å². The molecule has 0 amide bonds. The van der Waals surface area contributed by atoms with E-state index in [-0.39, 0.29) is 6.04 Å². The summed E-state index contributed by atoms with van der Waals surface area (Å²) in [5.41, 5.74) is 0. The molecule has 0 aliphatic carbocycles. The Morgan fingerprint density at radius 1 is 1.27 bits per heavy atom. The van der Waals surface area contributed by atoms with E-state index in [2.05, 4.69) is 4.99 Å². The minimum Gasteiger partial charge on any atom is -0.292 e. The van der Waals surface area contributed by atoms with E-state index in [0.717, 1.165) is 0 Å². The average molecular weight is 159 g/mol. The largest absolute Gasteiger partial charge is 0.292 e. The van der Waals surface area contributed by atoms with Crippen LogP contribution in [0.1, 0.15) is 34.1 Å². The van der Waals surface area contributed by atoms with Crippen LogP contribution in [0.3, 0.4) is 0 Å². The molecule has 1 atom stereocenters. The van der Waals surface area contributed by atoms with Crippen LogP contribution in [0, 0.1) is 5.92 Å². The molecule has 0 saturated carbocycles. The van der Waals surface area contributed by atoms with Crippen LogP contribution < -0.4 is 0 Å². The van der Waals surface area contributed by atoms with Crippen molar-refractivity contribution in [2.45, 2.75) is 46.3 Å². The highest BCUT2D eigenvalue weighted by Gasteiger charge is 2.04. The number of nitrogens with zero attached hydrogens (tertiary/aromatic N) is 1. The molecular formula is C9H18FN. The molecule has 0 bridgehead atoms. The fraction of sp³-hybridized carbons (Fsp3) is 0.889. The fourth-order valence-electron chi connectivity index (χ4n) is 0.777. The van der Waals surface area contributed by atoms with E-state index < -0.39 is 6.17 Å². The van der Waals surface area contributed by atoms with Crippen molar-refractivity contribution in [2.24, 2.45) is 10.9 Å². The summed E-state index contributed by atoms with van der Waals surface area (Å²) in [4.78, 5) is 3.98. The number of rotatable bonds is 4. The van der Waals surface area contributed by atoms with Crippen molar-refractivity contribution in [1.29, 1.82) is 0 Å². The number of halogens is 1. The molecule has 0 aromatic rings. The number of hydrogen-bond donors (Lipinski definition) is 0. The van der Waals surface area contributed by atoms with Crippen LogP contribution >= 0.6 is 0 Å². The number of hydrogen-bond acceptors (Lipinski definition) is 1. The molecule has 0 radical (unpaired) electrons. The zero-order chi connectivity index (χ0) is 8.85. The lowest BCUT2D eigenvalue weighted by molar-refractivity contribution is 0.363. The van der Waals surface area contributed by atoms with E-state index in [1.807, 2.05) is 27.7 Å². The summed E-state index contributed by atoms with van der Waals surface area (Å²) in [5, 5.41) is 0. The maximum absolute atomic E-state index is 12.9. The molecule has 11 heavy (non-hydrogen) atoms. The molecule has 0 aromatic heterocycles. The van der Waals surface area contributed by atoms with Crippen LogP contribution in [0.2, 0.25) is 0 Å². The minimum absolute atomic E-state index is 0.209. The molecule has 0 aromatic carbocycles. The van der Waals surface area contributed by atoms with Gasteiger partial charge in [0.2, 0.25) is 0 Å². The molecule has 0 rings (SSSR count). The Morgan fingerprint density at radius 3 is 2.18 bits per heavy atom. The van der Waals surface area contributed by atoms with Gasteiger partial charge in [-0.25, -0.2) is 4.39 Å². The van der Waals surface area contributed by atoms with E-state index in [1.165, 1.54) is 6.21 Å². The van der Waals surface area contributed by atoms with Gasteiger partial charge in [-0.15, -0.1) is 0 Å². The van der Waals surface area contributed by atoms with Crippen molar-refractivity contribution in [3.63, 3.8) is 0 Å². The fourth-order valence-corrected chi connectivity index (χ4v) is 0.777. The summed E-state index contributed by atoms with van der Waals surface area (Å²) in [6.07, 6.45) is 1.14. The normalized spacial score (nSPS) is 15.2. The summed E-state index contributed by atoms with van der Waals surface area (Å²) in [5.74, 6) is 0.406. The van der Waals surface area contributed by atoms with Gasteiger partial charge < -0.3 is 0 Å². The van der Waals surface area contributed by atoms with E-state index in [4.69, 9.17) is 0 Å². The van der Waals surface area contributed by atoms with Gasteiger partial charge in [0.15, 0.2) is 0 Å². The first kappa shape index (κ1) is 10.6. The molecule has 66 valence electrons. The van der Waals surface area contributed by atoms with Gasteiger partial charge in [0.25, 0.3) is 0 Å². The number of aliphatic imine (C=N–C) groups is 1. The van der Waals surface area contributed by atoms with Crippen LogP contribution in [-0.2, 0) is 0 Å². The monoisotopic (exact) mass is 159 g/mol. The summed E-state index contributed by atoms with van der Waals surface area (Å²) in [7, 11) is 0. The average Bonchev–Trinajstić information content (AvgIpc) is 1.82. The van der Waals surface area contributed by atoms with Crippen molar-refractivity contribution >= 4 is 6.21 Å². The van der Waals surface area contributed by atoms with E-state index in [1.54, 1.807) is 0 Å².